The standard InChI is InChI=1S/C17H18N4O3/c22-16-14-3-1-2-4-15(14)19-17(23)21(16)7-6-20-10-13(9-18-20)12-5-8-24-11-12/h1-4,9-10,12H,5-8,11H2,(H,19,23). The van der Waals surface area contributed by atoms with Crippen molar-refractivity contribution in [3.63, 3.8) is 0 Å². The molecule has 7 heteroatoms. The molecule has 124 valence electrons. The van der Waals surface area contributed by atoms with Crippen molar-refractivity contribution in [1.29, 1.82) is 0 Å². The van der Waals surface area contributed by atoms with Crippen molar-refractivity contribution in [1.82, 2.24) is 19.3 Å². The number of aromatic nitrogens is 4. The summed E-state index contributed by atoms with van der Waals surface area (Å²) >= 11 is 0. The lowest BCUT2D eigenvalue weighted by molar-refractivity contribution is 0.194. The Kier molecular flexibility index (Phi) is 3.78. The number of ether oxygens (including phenoxy) is 1. The topological polar surface area (TPSA) is 81.9 Å². The number of aromatic amines is 1. The SMILES string of the molecule is O=c1[nH]c2ccccc2c(=O)n1CCn1cc(C2CCOC2)cn1. The molecule has 7 nitrogen and oxygen atoms in total. The maximum Gasteiger partial charge on any atom is 0.328 e. The van der Waals surface area contributed by atoms with Gasteiger partial charge in [0.25, 0.3) is 5.56 Å². The third kappa shape index (κ3) is 2.67. The Morgan fingerprint density at radius 3 is 2.96 bits per heavy atom. The third-order valence-electron chi connectivity index (χ3n) is 4.50. The van der Waals surface area contributed by atoms with E-state index in [0.717, 1.165) is 25.2 Å². The molecule has 1 N–H and O–H groups in total. The Hall–Kier alpha value is -2.67. The van der Waals surface area contributed by atoms with Gasteiger partial charge < -0.3 is 9.72 Å². The number of rotatable bonds is 4. The first kappa shape index (κ1) is 14.9. The molecule has 0 aliphatic carbocycles. The monoisotopic (exact) mass is 326 g/mol. The normalized spacial score (nSPS) is 17.6. The first-order chi connectivity index (χ1) is 11.7. The number of para-hydroxylation sites is 1. The van der Waals surface area contributed by atoms with Gasteiger partial charge in [0.05, 0.1) is 36.8 Å². The molecule has 0 saturated carbocycles. The molecule has 0 amide bonds. The van der Waals surface area contributed by atoms with E-state index in [0.29, 0.717) is 23.4 Å². The molecule has 1 atom stereocenters. The van der Waals surface area contributed by atoms with Crippen LogP contribution < -0.4 is 11.2 Å². The summed E-state index contributed by atoms with van der Waals surface area (Å²) in [4.78, 5) is 27.4. The van der Waals surface area contributed by atoms with Crippen LogP contribution in [-0.4, -0.2) is 32.5 Å². The van der Waals surface area contributed by atoms with Crippen molar-refractivity contribution >= 4 is 10.9 Å². The zero-order valence-electron chi connectivity index (χ0n) is 13.1. The smallest absolute Gasteiger partial charge is 0.328 e. The summed E-state index contributed by atoms with van der Waals surface area (Å²) in [5, 5.41) is 4.85. The molecule has 1 aliphatic rings. The largest absolute Gasteiger partial charge is 0.381 e. The first-order valence-corrected chi connectivity index (χ1v) is 8.04. The van der Waals surface area contributed by atoms with Crippen molar-refractivity contribution in [3.8, 4) is 0 Å². The van der Waals surface area contributed by atoms with E-state index in [9.17, 15) is 9.59 Å². The number of benzene rings is 1. The Morgan fingerprint density at radius 1 is 1.25 bits per heavy atom. The molecule has 0 bridgehead atoms. The molecule has 0 spiro atoms. The van der Waals surface area contributed by atoms with Crippen molar-refractivity contribution in [2.75, 3.05) is 13.2 Å². The van der Waals surface area contributed by atoms with Gasteiger partial charge in [0.2, 0.25) is 0 Å². The van der Waals surface area contributed by atoms with Crippen LogP contribution in [0, 0.1) is 0 Å². The van der Waals surface area contributed by atoms with Crippen molar-refractivity contribution < 1.29 is 4.74 Å². The quantitative estimate of drug-likeness (QED) is 0.778. The average molecular weight is 326 g/mol. The molecule has 1 aromatic carbocycles. The number of H-pyrrole nitrogens is 1. The lowest BCUT2D eigenvalue weighted by Gasteiger charge is -2.07. The van der Waals surface area contributed by atoms with Crippen LogP contribution in [0.15, 0.2) is 46.2 Å². The van der Waals surface area contributed by atoms with Gasteiger partial charge in [-0.15, -0.1) is 0 Å². The number of hydrogen-bond acceptors (Lipinski definition) is 4. The summed E-state index contributed by atoms with van der Waals surface area (Å²) in [7, 11) is 0. The molecule has 3 heterocycles. The van der Waals surface area contributed by atoms with E-state index in [1.165, 1.54) is 4.57 Å². The highest BCUT2D eigenvalue weighted by Crippen LogP contribution is 2.24. The highest BCUT2D eigenvalue weighted by molar-refractivity contribution is 5.76. The van der Waals surface area contributed by atoms with Gasteiger partial charge in [-0.1, -0.05) is 12.1 Å². The molecule has 24 heavy (non-hydrogen) atoms. The van der Waals surface area contributed by atoms with E-state index < -0.39 is 5.69 Å². The molecule has 1 aliphatic heterocycles. The molecular weight excluding hydrogens is 308 g/mol. The summed E-state index contributed by atoms with van der Waals surface area (Å²) in [5.41, 5.74) is 1.04. The maximum atomic E-state index is 12.5. The Balaban J connectivity index is 1.57. The second-order valence-corrected chi connectivity index (χ2v) is 6.03. The minimum absolute atomic E-state index is 0.272. The van der Waals surface area contributed by atoms with Crippen LogP contribution >= 0.6 is 0 Å². The number of nitrogens with one attached hydrogen (secondary N) is 1. The zero-order valence-corrected chi connectivity index (χ0v) is 13.1. The van der Waals surface area contributed by atoms with Gasteiger partial charge in [0.15, 0.2) is 0 Å². The molecule has 4 rings (SSSR count). The van der Waals surface area contributed by atoms with Gasteiger partial charge in [-0.2, -0.15) is 5.10 Å². The highest BCUT2D eigenvalue weighted by atomic mass is 16.5. The second-order valence-electron chi connectivity index (χ2n) is 6.03. The fourth-order valence-corrected chi connectivity index (χ4v) is 3.11. The molecular formula is C17H18N4O3. The fourth-order valence-electron chi connectivity index (χ4n) is 3.11. The summed E-state index contributed by atoms with van der Waals surface area (Å²) in [6.07, 6.45) is 4.82. The molecule has 1 unspecified atom stereocenters. The summed E-state index contributed by atoms with van der Waals surface area (Å²) < 4.78 is 8.39. The van der Waals surface area contributed by atoms with Gasteiger partial charge >= 0.3 is 5.69 Å². The lowest BCUT2D eigenvalue weighted by atomic mass is 10.0. The van der Waals surface area contributed by atoms with E-state index in [-0.39, 0.29) is 12.1 Å². The molecule has 3 aromatic rings. The van der Waals surface area contributed by atoms with Gasteiger partial charge in [-0.25, -0.2) is 4.79 Å². The van der Waals surface area contributed by atoms with Crippen LogP contribution in [0.25, 0.3) is 10.9 Å². The lowest BCUT2D eigenvalue weighted by Crippen LogP contribution is -2.36. The van der Waals surface area contributed by atoms with Crippen molar-refractivity contribution in [2.45, 2.75) is 25.4 Å². The van der Waals surface area contributed by atoms with Crippen LogP contribution in [0.5, 0.6) is 0 Å². The predicted octanol–water partition coefficient (Wildman–Crippen LogP) is 1.09. The minimum atomic E-state index is -0.393. The zero-order chi connectivity index (χ0) is 16.5. The fraction of sp³-hybridized carbons (Fsp3) is 0.353. The van der Waals surface area contributed by atoms with E-state index in [2.05, 4.69) is 10.1 Å². The molecule has 2 aromatic heterocycles. The first-order valence-electron chi connectivity index (χ1n) is 8.04. The summed E-state index contributed by atoms with van der Waals surface area (Å²) in [6.45, 7) is 2.27. The summed E-state index contributed by atoms with van der Waals surface area (Å²) in [5.74, 6) is 0.394. The van der Waals surface area contributed by atoms with Crippen LogP contribution in [0.3, 0.4) is 0 Å². The van der Waals surface area contributed by atoms with Gasteiger partial charge in [0, 0.05) is 18.7 Å². The highest BCUT2D eigenvalue weighted by Gasteiger charge is 2.19. The summed E-state index contributed by atoms with van der Waals surface area (Å²) in [6, 6.07) is 7.03. The maximum absolute atomic E-state index is 12.5. The van der Waals surface area contributed by atoms with Crippen molar-refractivity contribution in [3.05, 3.63) is 63.1 Å². The third-order valence-corrected chi connectivity index (χ3v) is 4.50. The van der Waals surface area contributed by atoms with E-state index >= 15 is 0 Å². The number of fused-ring (bicyclic) bond motifs is 1. The van der Waals surface area contributed by atoms with Crippen molar-refractivity contribution in [2.24, 2.45) is 0 Å². The van der Waals surface area contributed by atoms with Gasteiger partial charge in [-0.05, 0) is 24.1 Å². The molecule has 1 fully saturated rings. The molecule has 0 radical (unpaired) electrons. The number of nitrogens with zero attached hydrogens (tertiary/aromatic N) is 3. The number of hydrogen-bond donors (Lipinski definition) is 1. The Bertz CT molecular complexity index is 979. The second kappa shape index (κ2) is 6.09. The van der Waals surface area contributed by atoms with E-state index in [1.54, 1.807) is 28.9 Å². The van der Waals surface area contributed by atoms with Gasteiger partial charge in [0.1, 0.15) is 0 Å². The van der Waals surface area contributed by atoms with Crippen LogP contribution in [0.1, 0.15) is 17.9 Å². The van der Waals surface area contributed by atoms with E-state index in [1.807, 2.05) is 12.4 Å². The van der Waals surface area contributed by atoms with Crippen LogP contribution in [0.2, 0.25) is 0 Å². The molecule has 1 saturated heterocycles. The van der Waals surface area contributed by atoms with Gasteiger partial charge in [-0.3, -0.25) is 14.0 Å². The predicted molar refractivity (Wildman–Crippen MR) is 89.2 cm³/mol. The van der Waals surface area contributed by atoms with Crippen LogP contribution in [0.4, 0.5) is 0 Å². The Labute approximate surface area is 137 Å². The van der Waals surface area contributed by atoms with Crippen LogP contribution in [-0.2, 0) is 17.8 Å². The number of aryl methyl sites for hydroxylation is 1. The minimum Gasteiger partial charge on any atom is -0.381 e. The Morgan fingerprint density at radius 2 is 2.12 bits per heavy atom. The average Bonchev–Trinajstić information content (AvgIpc) is 3.26. The van der Waals surface area contributed by atoms with E-state index in [4.69, 9.17) is 4.74 Å².